The maximum absolute atomic E-state index is 12.4. The Morgan fingerprint density at radius 3 is 2.55 bits per heavy atom. The molecule has 1 saturated carbocycles. The molecule has 3 N–H and O–H groups in total. The van der Waals surface area contributed by atoms with E-state index in [4.69, 9.17) is 5.73 Å². The summed E-state index contributed by atoms with van der Waals surface area (Å²) in [6.07, 6.45) is 2.73. The van der Waals surface area contributed by atoms with Gasteiger partial charge >= 0.3 is 0 Å². The average Bonchev–Trinajstić information content (AvgIpc) is 3.26. The highest BCUT2D eigenvalue weighted by molar-refractivity contribution is 5.83. The molecule has 1 aromatic carbocycles. The highest BCUT2D eigenvalue weighted by atomic mass is 16.2. The first kappa shape index (κ1) is 15.0. The van der Waals surface area contributed by atoms with E-state index in [1.165, 1.54) is 11.1 Å². The van der Waals surface area contributed by atoms with E-state index in [1.807, 2.05) is 6.07 Å². The Kier molecular flexibility index (Phi) is 4.48. The largest absolute Gasteiger partial charge is 0.349 e. The van der Waals surface area contributed by atoms with E-state index in [-0.39, 0.29) is 17.4 Å². The monoisotopic (exact) mass is 274 g/mol. The van der Waals surface area contributed by atoms with E-state index in [0.717, 1.165) is 19.3 Å². The van der Waals surface area contributed by atoms with E-state index >= 15 is 0 Å². The van der Waals surface area contributed by atoms with Crippen LogP contribution in [0.15, 0.2) is 24.3 Å². The molecule has 0 aliphatic heterocycles. The summed E-state index contributed by atoms with van der Waals surface area (Å²) >= 11 is 0. The zero-order chi connectivity index (χ0) is 14.8. The van der Waals surface area contributed by atoms with Crippen molar-refractivity contribution in [2.75, 3.05) is 6.54 Å². The van der Waals surface area contributed by atoms with Crippen LogP contribution in [0.5, 0.6) is 0 Å². The lowest BCUT2D eigenvalue weighted by atomic mass is 9.92. The molecule has 20 heavy (non-hydrogen) atoms. The van der Waals surface area contributed by atoms with Gasteiger partial charge in [0.2, 0.25) is 5.91 Å². The molecule has 1 aromatic rings. The molecule has 0 saturated heterocycles. The number of carbonyl (C=O) groups is 1. The second kappa shape index (κ2) is 5.96. The van der Waals surface area contributed by atoms with Gasteiger partial charge in [0.25, 0.3) is 0 Å². The van der Waals surface area contributed by atoms with Gasteiger partial charge in [-0.15, -0.1) is 0 Å². The molecule has 0 aromatic heterocycles. The lowest BCUT2D eigenvalue weighted by Crippen LogP contribution is -2.53. The van der Waals surface area contributed by atoms with Gasteiger partial charge in [-0.3, -0.25) is 4.79 Å². The Morgan fingerprint density at radius 1 is 1.35 bits per heavy atom. The van der Waals surface area contributed by atoms with Gasteiger partial charge in [-0.1, -0.05) is 38.1 Å². The zero-order valence-electron chi connectivity index (χ0n) is 12.8. The third-order valence-corrected chi connectivity index (χ3v) is 4.85. The van der Waals surface area contributed by atoms with Crippen LogP contribution in [0.25, 0.3) is 0 Å². The van der Waals surface area contributed by atoms with E-state index in [9.17, 15) is 4.79 Å². The van der Waals surface area contributed by atoms with Gasteiger partial charge < -0.3 is 11.1 Å². The first-order valence-corrected chi connectivity index (χ1v) is 7.64. The fourth-order valence-electron chi connectivity index (χ4n) is 2.95. The topological polar surface area (TPSA) is 55.1 Å². The number of hydrogen-bond acceptors (Lipinski definition) is 2. The molecular formula is C17H26N2O. The predicted octanol–water partition coefficient (Wildman–Crippen LogP) is 2.73. The summed E-state index contributed by atoms with van der Waals surface area (Å²) in [5.74, 6) is 0.688. The molecule has 0 radical (unpaired) electrons. The molecule has 3 nitrogen and oxygen atoms in total. The maximum Gasteiger partial charge on any atom is 0.224 e. The van der Waals surface area contributed by atoms with Crippen molar-refractivity contribution in [2.24, 2.45) is 11.7 Å². The molecule has 1 amide bonds. The summed E-state index contributed by atoms with van der Waals surface area (Å²) in [5.41, 5.74) is 8.23. The minimum Gasteiger partial charge on any atom is -0.349 e. The highest BCUT2D eigenvalue weighted by Gasteiger charge is 2.46. The van der Waals surface area contributed by atoms with Crippen LogP contribution in [0.1, 0.15) is 50.2 Å². The molecule has 1 aliphatic carbocycles. The van der Waals surface area contributed by atoms with E-state index in [0.29, 0.717) is 12.5 Å². The average molecular weight is 274 g/mol. The van der Waals surface area contributed by atoms with Crippen LogP contribution in [0, 0.1) is 12.8 Å². The Hall–Kier alpha value is -1.35. The quantitative estimate of drug-likeness (QED) is 0.838. The van der Waals surface area contributed by atoms with Crippen molar-refractivity contribution < 1.29 is 4.79 Å². The van der Waals surface area contributed by atoms with Crippen LogP contribution in [0.2, 0.25) is 0 Å². The minimum absolute atomic E-state index is 0.125. The van der Waals surface area contributed by atoms with Gasteiger partial charge in [-0.2, -0.15) is 0 Å². The molecule has 0 heterocycles. The fourth-order valence-corrected chi connectivity index (χ4v) is 2.95. The van der Waals surface area contributed by atoms with Crippen molar-refractivity contribution in [3.63, 3.8) is 0 Å². The number of nitrogens with one attached hydrogen (secondary N) is 1. The van der Waals surface area contributed by atoms with E-state index in [1.54, 1.807) is 0 Å². The number of nitrogens with two attached hydrogens (primary N) is 1. The normalized spacial score (nSPS) is 21.6. The Labute approximate surface area is 121 Å². The van der Waals surface area contributed by atoms with Gasteiger partial charge in [0.05, 0.1) is 5.54 Å². The SMILES string of the molecule is CCC(CC)(CN)NC(=O)C1CC1c1ccccc1C. The minimum atomic E-state index is -0.226. The second-order valence-electron chi connectivity index (χ2n) is 5.99. The number of aryl methyl sites for hydroxylation is 1. The maximum atomic E-state index is 12.4. The molecule has 110 valence electrons. The second-order valence-corrected chi connectivity index (χ2v) is 5.99. The molecule has 1 aliphatic rings. The fraction of sp³-hybridized carbons (Fsp3) is 0.588. The zero-order valence-corrected chi connectivity index (χ0v) is 12.8. The van der Waals surface area contributed by atoms with Gasteiger partial charge in [-0.25, -0.2) is 0 Å². The summed E-state index contributed by atoms with van der Waals surface area (Å²) in [4.78, 5) is 12.4. The van der Waals surface area contributed by atoms with Crippen molar-refractivity contribution in [2.45, 2.75) is 51.5 Å². The van der Waals surface area contributed by atoms with Crippen molar-refractivity contribution in [3.8, 4) is 0 Å². The molecule has 0 bridgehead atoms. The van der Waals surface area contributed by atoms with Crippen molar-refractivity contribution in [3.05, 3.63) is 35.4 Å². The first-order chi connectivity index (χ1) is 9.56. The lowest BCUT2D eigenvalue weighted by molar-refractivity contribution is -0.124. The van der Waals surface area contributed by atoms with Crippen molar-refractivity contribution >= 4 is 5.91 Å². The Balaban J connectivity index is 2.02. The summed E-state index contributed by atoms with van der Waals surface area (Å²) in [5, 5.41) is 3.20. The molecular weight excluding hydrogens is 248 g/mol. The predicted molar refractivity (Wildman–Crippen MR) is 82.5 cm³/mol. The molecule has 3 heteroatoms. The number of benzene rings is 1. The van der Waals surface area contributed by atoms with Gasteiger partial charge in [0.15, 0.2) is 0 Å². The standard InChI is InChI=1S/C17H26N2O/c1-4-17(5-2,11-18)19-16(20)15-10-14(15)13-9-7-6-8-12(13)3/h6-9,14-15H,4-5,10-11,18H2,1-3H3,(H,19,20). The molecule has 1 fully saturated rings. The smallest absolute Gasteiger partial charge is 0.224 e. The summed E-state index contributed by atoms with van der Waals surface area (Å²) in [6, 6.07) is 8.36. The number of hydrogen-bond donors (Lipinski definition) is 2. The van der Waals surface area contributed by atoms with Gasteiger partial charge in [0.1, 0.15) is 0 Å². The molecule has 2 rings (SSSR count). The van der Waals surface area contributed by atoms with Gasteiger partial charge in [0, 0.05) is 12.5 Å². The lowest BCUT2D eigenvalue weighted by Gasteiger charge is -2.31. The third-order valence-electron chi connectivity index (χ3n) is 4.85. The van der Waals surface area contributed by atoms with Crippen LogP contribution in [0.3, 0.4) is 0 Å². The van der Waals surface area contributed by atoms with Gasteiger partial charge in [-0.05, 0) is 43.2 Å². The first-order valence-electron chi connectivity index (χ1n) is 7.64. The summed E-state index contributed by atoms with van der Waals surface area (Å²) < 4.78 is 0. The third kappa shape index (κ3) is 2.88. The van der Waals surface area contributed by atoms with Crippen molar-refractivity contribution in [1.82, 2.24) is 5.32 Å². The van der Waals surface area contributed by atoms with E-state index < -0.39 is 0 Å². The Bertz CT molecular complexity index is 471. The summed E-state index contributed by atoms with van der Waals surface area (Å²) in [7, 11) is 0. The molecule has 2 atom stereocenters. The number of rotatable bonds is 6. The number of amides is 1. The molecule has 2 unspecified atom stereocenters. The van der Waals surface area contributed by atoms with E-state index in [2.05, 4.69) is 44.3 Å². The van der Waals surface area contributed by atoms with Crippen LogP contribution >= 0.6 is 0 Å². The summed E-state index contributed by atoms with van der Waals surface area (Å²) in [6.45, 7) is 6.79. The Morgan fingerprint density at radius 2 is 2.00 bits per heavy atom. The molecule has 0 spiro atoms. The van der Waals surface area contributed by atoms with Crippen molar-refractivity contribution in [1.29, 1.82) is 0 Å². The van der Waals surface area contributed by atoms with Crippen LogP contribution in [-0.4, -0.2) is 18.0 Å². The highest BCUT2D eigenvalue weighted by Crippen LogP contribution is 2.48. The van der Waals surface area contributed by atoms with Crippen LogP contribution in [-0.2, 0) is 4.79 Å². The van der Waals surface area contributed by atoms with Crippen LogP contribution in [0.4, 0.5) is 0 Å². The van der Waals surface area contributed by atoms with Crippen LogP contribution < -0.4 is 11.1 Å². The number of carbonyl (C=O) groups excluding carboxylic acids is 1.